The quantitative estimate of drug-likeness (QED) is 0.507. The number of nitrogens with zero attached hydrogens (tertiary/aromatic N) is 1. The smallest absolute Gasteiger partial charge is 0.254 e. The minimum absolute atomic E-state index is 0.0488. The fourth-order valence-electron chi connectivity index (χ4n) is 5.08. The monoisotopic (exact) mass is 464 g/mol. The Balaban J connectivity index is 1.53. The van der Waals surface area contributed by atoms with Gasteiger partial charge in [0.25, 0.3) is 5.91 Å². The van der Waals surface area contributed by atoms with Crippen LogP contribution >= 0.6 is 22.9 Å². The molecule has 0 spiro atoms. The number of halogens is 1. The second-order valence-electron chi connectivity index (χ2n) is 8.52. The van der Waals surface area contributed by atoms with Gasteiger partial charge in [-0.1, -0.05) is 60.8 Å². The summed E-state index contributed by atoms with van der Waals surface area (Å²) in [5.74, 6) is -0.454. The van der Waals surface area contributed by atoms with Crippen molar-refractivity contribution < 1.29 is 9.59 Å². The molecule has 5 rings (SSSR count). The summed E-state index contributed by atoms with van der Waals surface area (Å²) in [6, 6.07) is 19.0. The summed E-state index contributed by atoms with van der Waals surface area (Å²) in [5, 5.41) is 5.83. The van der Waals surface area contributed by atoms with E-state index in [1.165, 1.54) is 0 Å². The van der Waals surface area contributed by atoms with Crippen LogP contribution in [0.4, 0.5) is 0 Å². The van der Waals surface area contributed by atoms with Crippen LogP contribution in [0, 0.1) is 0 Å². The molecule has 4 nitrogen and oxygen atoms in total. The topological polar surface area (TPSA) is 49.4 Å². The molecule has 0 saturated heterocycles. The molecule has 1 aromatic heterocycles. The first-order valence-corrected chi connectivity index (χ1v) is 12.4. The van der Waals surface area contributed by atoms with Gasteiger partial charge in [-0.3, -0.25) is 9.59 Å². The van der Waals surface area contributed by atoms with Crippen LogP contribution in [0.2, 0.25) is 5.02 Å². The SMILES string of the molecule is O=C(NCc1ccc(Cl)cc1)[C@H]1c2ccccc2C(=O)N(C2CCCC2)[C@@H]1c1cccs1. The fraction of sp³-hybridized carbons (Fsp3) is 0.308. The number of nitrogens with one attached hydrogen (secondary N) is 1. The van der Waals surface area contributed by atoms with Crippen LogP contribution in [0.1, 0.15) is 64.0 Å². The molecule has 0 bridgehead atoms. The highest BCUT2D eigenvalue weighted by molar-refractivity contribution is 7.10. The summed E-state index contributed by atoms with van der Waals surface area (Å²) in [7, 11) is 0. The maximum absolute atomic E-state index is 13.7. The minimum atomic E-state index is -0.449. The summed E-state index contributed by atoms with van der Waals surface area (Å²) in [4.78, 5) is 30.5. The van der Waals surface area contributed by atoms with E-state index >= 15 is 0 Å². The fourth-order valence-corrected chi connectivity index (χ4v) is 6.07. The number of amides is 2. The van der Waals surface area contributed by atoms with Gasteiger partial charge in [-0.05, 0) is 53.6 Å². The third kappa shape index (κ3) is 3.96. The van der Waals surface area contributed by atoms with Gasteiger partial charge in [0, 0.05) is 28.0 Å². The Labute approximate surface area is 197 Å². The van der Waals surface area contributed by atoms with Crippen molar-refractivity contribution in [3.8, 4) is 0 Å². The van der Waals surface area contributed by atoms with Gasteiger partial charge in [0.15, 0.2) is 0 Å². The molecule has 1 saturated carbocycles. The van der Waals surface area contributed by atoms with Crippen molar-refractivity contribution in [1.29, 1.82) is 0 Å². The first-order chi connectivity index (χ1) is 15.6. The zero-order valence-corrected chi connectivity index (χ0v) is 19.2. The van der Waals surface area contributed by atoms with E-state index < -0.39 is 5.92 Å². The van der Waals surface area contributed by atoms with Crippen LogP contribution in [0.5, 0.6) is 0 Å². The second kappa shape index (κ2) is 9.08. The van der Waals surface area contributed by atoms with Gasteiger partial charge in [-0.25, -0.2) is 0 Å². The molecule has 1 N–H and O–H groups in total. The van der Waals surface area contributed by atoms with E-state index in [1.807, 2.05) is 64.9 Å². The maximum Gasteiger partial charge on any atom is 0.254 e. The zero-order valence-electron chi connectivity index (χ0n) is 17.7. The van der Waals surface area contributed by atoms with Crippen molar-refractivity contribution in [3.05, 3.63) is 92.6 Å². The molecule has 6 heteroatoms. The van der Waals surface area contributed by atoms with Crippen LogP contribution < -0.4 is 5.32 Å². The molecule has 1 fully saturated rings. The maximum atomic E-state index is 13.7. The number of hydrogen-bond acceptors (Lipinski definition) is 3. The van der Waals surface area contributed by atoms with Gasteiger partial charge >= 0.3 is 0 Å². The van der Waals surface area contributed by atoms with Gasteiger partial charge in [0.05, 0.1) is 12.0 Å². The highest BCUT2D eigenvalue weighted by atomic mass is 35.5. The molecule has 2 atom stereocenters. The third-order valence-corrected chi connectivity index (χ3v) is 7.79. The van der Waals surface area contributed by atoms with E-state index in [0.717, 1.165) is 41.7 Å². The van der Waals surface area contributed by atoms with Gasteiger partial charge in [-0.15, -0.1) is 11.3 Å². The van der Waals surface area contributed by atoms with Crippen molar-refractivity contribution in [2.75, 3.05) is 0 Å². The van der Waals surface area contributed by atoms with Gasteiger partial charge < -0.3 is 10.2 Å². The molecular weight excluding hydrogens is 440 g/mol. The first-order valence-electron chi connectivity index (χ1n) is 11.1. The van der Waals surface area contributed by atoms with Crippen molar-refractivity contribution >= 4 is 34.8 Å². The summed E-state index contributed by atoms with van der Waals surface area (Å²) in [6.45, 7) is 0.420. The summed E-state index contributed by atoms with van der Waals surface area (Å²) >= 11 is 7.61. The third-order valence-electron chi connectivity index (χ3n) is 6.59. The average molecular weight is 465 g/mol. The molecular formula is C26H25ClN2O2S. The Morgan fingerprint density at radius 3 is 2.50 bits per heavy atom. The molecule has 0 unspecified atom stereocenters. The van der Waals surface area contributed by atoms with E-state index in [4.69, 9.17) is 11.6 Å². The molecule has 164 valence electrons. The van der Waals surface area contributed by atoms with Crippen molar-refractivity contribution in [3.63, 3.8) is 0 Å². The van der Waals surface area contributed by atoms with Crippen LogP contribution in [-0.4, -0.2) is 22.8 Å². The standard InChI is InChI=1S/C26H25ClN2O2S/c27-18-13-11-17(12-14-18)16-28-25(30)23-20-8-3-4-9-21(20)26(31)29(19-6-1-2-7-19)24(23)22-10-5-15-32-22/h3-5,8-15,19,23-24H,1-2,6-7,16H2,(H,28,30)/t23-,24+/m0/s1. The Bertz CT molecular complexity index is 1110. The first kappa shape index (κ1) is 21.2. The zero-order chi connectivity index (χ0) is 22.1. The summed E-state index contributed by atoms with van der Waals surface area (Å²) < 4.78 is 0. The molecule has 1 aliphatic carbocycles. The van der Waals surface area contributed by atoms with Crippen molar-refractivity contribution in [1.82, 2.24) is 10.2 Å². The lowest BCUT2D eigenvalue weighted by Crippen LogP contribution is -2.50. The lowest BCUT2D eigenvalue weighted by atomic mass is 9.80. The number of rotatable bonds is 5. The molecule has 1 aliphatic heterocycles. The van der Waals surface area contributed by atoms with E-state index in [0.29, 0.717) is 17.1 Å². The van der Waals surface area contributed by atoms with Gasteiger partial charge in [-0.2, -0.15) is 0 Å². The molecule has 2 heterocycles. The number of carbonyl (C=O) groups is 2. The average Bonchev–Trinajstić information content (AvgIpc) is 3.53. The van der Waals surface area contributed by atoms with Crippen LogP contribution in [-0.2, 0) is 11.3 Å². The largest absolute Gasteiger partial charge is 0.351 e. The number of hydrogen-bond donors (Lipinski definition) is 1. The van der Waals surface area contributed by atoms with Crippen LogP contribution in [0.25, 0.3) is 0 Å². The molecule has 2 aliphatic rings. The van der Waals surface area contributed by atoms with Gasteiger partial charge in [0.1, 0.15) is 0 Å². The predicted octanol–water partition coefficient (Wildman–Crippen LogP) is 5.94. The van der Waals surface area contributed by atoms with E-state index in [2.05, 4.69) is 11.4 Å². The number of carbonyl (C=O) groups excluding carboxylic acids is 2. The van der Waals surface area contributed by atoms with Gasteiger partial charge in [0.2, 0.25) is 5.91 Å². The second-order valence-corrected chi connectivity index (χ2v) is 9.94. The number of benzene rings is 2. The normalized spacial score (nSPS) is 20.9. The van der Waals surface area contributed by atoms with E-state index in [-0.39, 0.29) is 23.9 Å². The van der Waals surface area contributed by atoms with E-state index in [9.17, 15) is 9.59 Å². The van der Waals surface area contributed by atoms with Crippen molar-refractivity contribution in [2.24, 2.45) is 0 Å². The molecule has 32 heavy (non-hydrogen) atoms. The Kier molecular flexibility index (Phi) is 6.03. The Morgan fingerprint density at radius 2 is 1.78 bits per heavy atom. The minimum Gasteiger partial charge on any atom is -0.351 e. The lowest BCUT2D eigenvalue weighted by Gasteiger charge is -2.44. The molecule has 2 aromatic carbocycles. The van der Waals surface area contributed by atoms with Crippen LogP contribution in [0.3, 0.4) is 0 Å². The molecule has 2 amide bonds. The highest BCUT2D eigenvalue weighted by Crippen LogP contribution is 2.47. The highest BCUT2D eigenvalue weighted by Gasteiger charge is 2.47. The summed E-state index contributed by atoms with van der Waals surface area (Å²) in [6.07, 6.45) is 4.24. The Hall–Kier alpha value is -2.63. The van der Waals surface area contributed by atoms with Crippen LogP contribution in [0.15, 0.2) is 66.0 Å². The summed E-state index contributed by atoms with van der Waals surface area (Å²) in [5.41, 5.74) is 2.46. The number of fused-ring (bicyclic) bond motifs is 1. The molecule has 0 radical (unpaired) electrons. The molecule has 3 aromatic rings. The lowest BCUT2D eigenvalue weighted by molar-refractivity contribution is -0.124. The predicted molar refractivity (Wildman–Crippen MR) is 128 cm³/mol. The van der Waals surface area contributed by atoms with E-state index in [1.54, 1.807) is 11.3 Å². The number of thiophene rings is 1. The van der Waals surface area contributed by atoms with Crippen molar-refractivity contribution in [2.45, 2.75) is 50.2 Å². The Morgan fingerprint density at radius 1 is 1.03 bits per heavy atom.